The summed E-state index contributed by atoms with van der Waals surface area (Å²) in [6, 6.07) is 8.87. The van der Waals surface area contributed by atoms with Gasteiger partial charge in [-0.25, -0.2) is 0 Å². The number of hydrogen-bond donors (Lipinski definition) is 2. The second-order valence-corrected chi connectivity index (χ2v) is 5.03. The highest BCUT2D eigenvalue weighted by molar-refractivity contribution is 5.92. The van der Waals surface area contributed by atoms with E-state index in [0.29, 0.717) is 23.9 Å². The van der Waals surface area contributed by atoms with Crippen LogP contribution in [0.15, 0.2) is 24.3 Å². The lowest BCUT2D eigenvalue weighted by atomic mass is 9.96. The molecule has 20 heavy (non-hydrogen) atoms. The lowest BCUT2D eigenvalue weighted by Gasteiger charge is -2.17. The summed E-state index contributed by atoms with van der Waals surface area (Å²) in [7, 11) is 0. The molecule has 0 heterocycles. The van der Waals surface area contributed by atoms with Gasteiger partial charge < -0.3 is 15.8 Å². The molecule has 0 aliphatic heterocycles. The van der Waals surface area contributed by atoms with Gasteiger partial charge in [0.25, 0.3) is 0 Å². The Bertz CT molecular complexity index is 480. The lowest BCUT2D eigenvalue weighted by molar-refractivity contribution is -0.120. The second kappa shape index (κ2) is 8.18. The molecule has 0 spiro atoms. The summed E-state index contributed by atoms with van der Waals surface area (Å²) < 4.78 is 5.19. The van der Waals surface area contributed by atoms with E-state index in [2.05, 4.69) is 19.2 Å². The molecule has 1 aromatic carbocycles. The van der Waals surface area contributed by atoms with Gasteiger partial charge in [0.15, 0.2) is 6.61 Å². The molecule has 0 radical (unpaired) electrons. The molecule has 0 saturated carbocycles. The number of amides is 1. The van der Waals surface area contributed by atoms with Crippen molar-refractivity contribution in [2.24, 2.45) is 17.6 Å². The maximum absolute atomic E-state index is 12.1. The Morgan fingerprint density at radius 1 is 1.50 bits per heavy atom. The molecule has 5 nitrogen and oxygen atoms in total. The van der Waals surface area contributed by atoms with Crippen LogP contribution in [0.4, 0.5) is 5.69 Å². The third-order valence-electron chi connectivity index (χ3n) is 2.82. The molecular formula is C15H21N3O2. The van der Waals surface area contributed by atoms with E-state index in [1.807, 2.05) is 6.07 Å². The van der Waals surface area contributed by atoms with Gasteiger partial charge in [-0.1, -0.05) is 19.9 Å². The number of nitriles is 1. The Labute approximate surface area is 119 Å². The van der Waals surface area contributed by atoms with E-state index in [0.717, 1.165) is 6.42 Å². The fourth-order valence-electron chi connectivity index (χ4n) is 1.90. The molecule has 0 fully saturated rings. The second-order valence-electron chi connectivity index (χ2n) is 5.03. The van der Waals surface area contributed by atoms with Crippen LogP contribution >= 0.6 is 0 Å². The zero-order chi connectivity index (χ0) is 15.0. The third kappa shape index (κ3) is 5.29. The summed E-state index contributed by atoms with van der Waals surface area (Å²) in [5.74, 6) is 0.689. The highest BCUT2D eigenvalue weighted by atomic mass is 16.5. The van der Waals surface area contributed by atoms with Crippen molar-refractivity contribution >= 4 is 11.6 Å². The summed E-state index contributed by atoms with van der Waals surface area (Å²) in [5.41, 5.74) is 6.30. The summed E-state index contributed by atoms with van der Waals surface area (Å²) in [5, 5.41) is 11.3. The maximum atomic E-state index is 12.1. The van der Waals surface area contributed by atoms with Crippen LogP contribution in [0, 0.1) is 23.2 Å². The first-order valence-electron chi connectivity index (χ1n) is 6.67. The Kier molecular flexibility index (Phi) is 6.54. The molecule has 1 amide bonds. The van der Waals surface area contributed by atoms with Crippen LogP contribution in [0.1, 0.15) is 20.3 Å². The van der Waals surface area contributed by atoms with Crippen LogP contribution in [0.2, 0.25) is 0 Å². The molecular weight excluding hydrogens is 254 g/mol. The van der Waals surface area contributed by atoms with Crippen molar-refractivity contribution in [2.75, 3.05) is 18.5 Å². The molecule has 108 valence electrons. The number of carbonyl (C=O) groups is 1. The van der Waals surface area contributed by atoms with Crippen molar-refractivity contribution in [1.29, 1.82) is 5.26 Å². The Hall–Kier alpha value is -2.06. The third-order valence-corrected chi connectivity index (χ3v) is 2.82. The molecule has 0 bridgehead atoms. The van der Waals surface area contributed by atoms with Crippen molar-refractivity contribution in [2.45, 2.75) is 20.3 Å². The minimum atomic E-state index is -0.196. The largest absolute Gasteiger partial charge is 0.479 e. The average molecular weight is 275 g/mol. The van der Waals surface area contributed by atoms with Gasteiger partial charge in [-0.05, 0) is 24.5 Å². The minimum absolute atomic E-state index is 0.0177. The number of nitrogens with two attached hydrogens (primary N) is 1. The first kappa shape index (κ1) is 16.0. The predicted molar refractivity (Wildman–Crippen MR) is 78.2 cm³/mol. The smallest absolute Gasteiger partial charge is 0.228 e. The Morgan fingerprint density at radius 3 is 2.85 bits per heavy atom. The molecule has 1 rings (SSSR count). The lowest BCUT2D eigenvalue weighted by Crippen LogP contribution is -2.30. The number of anilines is 1. The predicted octanol–water partition coefficient (Wildman–Crippen LogP) is 2.15. The van der Waals surface area contributed by atoms with Crippen LogP contribution in [0.5, 0.6) is 5.75 Å². The number of rotatable bonds is 7. The zero-order valence-corrected chi connectivity index (χ0v) is 11.9. The number of nitrogens with zero attached hydrogens (tertiary/aromatic N) is 1. The molecule has 0 aliphatic carbocycles. The van der Waals surface area contributed by atoms with Gasteiger partial charge in [0.1, 0.15) is 11.8 Å². The van der Waals surface area contributed by atoms with Crippen LogP contribution in [-0.4, -0.2) is 19.1 Å². The molecule has 3 N–H and O–H groups in total. The minimum Gasteiger partial charge on any atom is -0.479 e. The van der Waals surface area contributed by atoms with Crippen LogP contribution in [0.3, 0.4) is 0 Å². The number of ether oxygens (including phenoxy) is 1. The van der Waals surface area contributed by atoms with Gasteiger partial charge in [0.2, 0.25) is 5.91 Å². The summed E-state index contributed by atoms with van der Waals surface area (Å²) in [6.45, 7) is 4.43. The van der Waals surface area contributed by atoms with Gasteiger partial charge in [-0.3, -0.25) is 4.79 Å². The quantitative estimate of drug-likeness (QED) is 0.798. The van der Waals surface area contributed by atoms with E-state index < -0.39 is 0 Å². The van der Waals surface area contributed by atoms with Crippen LogP contribution in [-0.2, 0) is 4.79 Å². The van der Waals surface area contributed by atoms with Gasteiger partial charge in [0.05, 0.1) is 5.92 Å². The monoisotopic (exact) mass is 275 g/mol. The van der Waals surface area contributed by atoms with Crippen molar-refractivity contribution in [3.05, 3.63) is 24.3 Å². The molecule has 1 atom stereocenters. The highest BCUT2D eigenvalue weighted by Crippen LogP contribution is 2.19. The molecule has 1 aromatic rings. The van der Waals surface area contributed by atoms with Crippen LogP contribution in [0.25, 0.3) is 0 Å². The van der Waals surface area contributed by atoms with Gasteiger partial charge in [-0.2, -0.15) is 5.26 Å². The van der Waals surface area contributed by atoms with E-state index in [1.165, 1.54) is 0 Å². The van der Waals surface area contributed by atoms with E-state index in [9.17, 15) is 4.79 Å². The molecule has 1 unspecified atom stereocenters. The summed E-state index contributed by atoms with van der Waals surface area (Å²) in [4.78, 5) is 12.1. The molecule has 5 heteroatoms. The van der Waals surface area contributed by atoms with Crippen molar-refractivity contribution in [3.8, 4) is 11.8 Å². The van der Waals surface area contributed by atoms with E-state index in [1.54, 1.807) is 24.3 Å². The van der Waals surface area contributed by atoms with E-state index in [4.69, 9.17) is 15.7 Å². The zero-order valence-electron chi connectivity index (χ0n) is 11.9. The molecule has 0 aromatic heterocycles. The first-order valence-corrected chi connectivity index (χ1v) is 6.67. The summed E-state index contributed by atoms with van der Waals surface area (Å²) in [6.07, 6.45) is 0.757. The average Bonchev–Trinajstić information content (AvgIpc) is 2.42. The van der Waals surface area contributed by atoms with Crippen molar-refractivity contribution in [3.63, 3.8) is 0 Å². The number of hydrogen-bond acceptors (Lipinski definition) is 4. The Balaban J connectivity index is 2.67. The fraction of sp³-hybridized carbons (Fsp3) is 0.467. The van der Waals surface area contributed by atoms with E-state index in [-0.39, 0.29) is 18.4 Å². The van der Waals surface area contributed by atoms with Crippen molar-refractivity contribution < 1.29 is 9.53 Å². The van der Waals surface area contributed by atoms with Gasteiger partial charge >= 0.3 is 0 Å². The number of nitrogens with one attached hydrogen (secondary N) is 1. The molecule has 0 aliphatic rings. The topological polar surface area (TPSA) is 88.1 Å². The Morgan fingerprint density at radius 2 is 2.25 bits per heavy atom. The maximum Gasteiger partial charge on any atom is 0.228 e. The SMILES string of the molecule is CC(C)CC(CN)C(=O)Nc1cccc(OCC#N)c1. The standard InChI is InChI=1S/C15H21N3O2/c1-11(2)8-12(10-17)15(19)18-13-4-3-5-14(9-13)20-7-6-16/h3-5,9,11-12H,7-8,10,17H2,1-2H3,(H,18,19). The fourth-order valence-corrected chi connectivity index (χ4v) is 1.90. The molecule has 0 saturated heterocycles. The normalized spacial score (nSPS) is 11.8. The number of benzene rings is 1. The first-order chi connectivity index (χ1) is 9.56. The van der Waals surface area contributed by atoms with Gasteiger partial charge in [0, 0.05) is 18.3 Å². The van der Waals surface area contributed by atoms with Crippen molar-refractivity contribution in [1.82, 2.24) is 0 Å². The van der Waals surface area contributed by atoms with Crippen LogP contribution < -0.4 is 15.8 Å². The number of carbonyl (C=O) groups excluding carboxylic acids is 1. The van der Waals surface area contributed by atoms with Gasteiger partial charge in [-0.15, -0.1) is 0 Å². The van der Waals surface area contributed by atoms with E-state index >= 15 is 0 Å². The summed E-state index contributed by atoms with van der Waals surface area (Å²) >= 11 is 0. The highest BCUT2D eigenvalue weighted by Gasteiger charge is 2.18.